The van der Waals surface area contributed by atoms with Crippen molar-refractivity contribution in [3.05, 3.63) is 48.3 Å². The van der Waals surface area contributed by atoms with E-state index in [1.54, 1.807) is 12.4 Å². The second-order valence-corrected chi connectivity index (χ2v) is 6.45. The van der Waals surface area contributed by atoms with Gasteiger partial charge in [0.05, 0.1) is 11.9 Å². The second kappa shape index (κ2) is 8.64. The number of amides is 2. The molecule has 3 N–H and O–H groups in total. The van der Waals surface area contributed by atoms with E-state index < -0.39 is 0 Å². The molecule has 25 heavy (non-hydrogen) atoms. The first-order valence-corrected chi connectivity index (χ1v) is 8.73. The minimum Gasteiger partial charge on any atom is -0.338 e. The van der Waals surface area contributed by atoms with Crippen LogP contribution in [0.25, 0.3) is 0 Å². The topological polar surface area (TPSA) is 76.3 Å². The molecule has 3 rings (SSSR count). The van der Waals surface area contributed by atoms with E-state index in [0.717, 1.165) is 32.6 Å². The Hall–Kier alpha value is -2.38. The van der Waals surface area contributed by atoms with Crippen molar-refractivity contribution in [2.75, 3.05) is 45.1 Å². The molecule has 1 aromatic carbocycles. The Morgan fingerprint density at radius 1 is 1.32 bits per heavy atom. The number of carbonyl (C=O) groups excluding carboxylic acids is 1. The number of piperazine rings is 1. The van der Waals surface area contributed by atoms with Gasteiger partial charge in [-0.1, -0.05) is 30.3 Å². The zero-order valence-electron chi connectivity index (χ0n) is 14.6. The summed E-state index contributed by atoms with van der Waals surface area (Å²) in [5.41, 5.74) is 2.03. The molecule has 2 amide bonds. The predicted octanol–water partition coefficient (Wildman–Crippen LogP) is 1.91. The Bertz CT molecular complexity index is 645. The first-order chi connectivity index (χ1) is 12.2. The fourth-order valence-electron chi connectivity index (χ4n) is 3.19. The van der Waals surface area contributed by atoms with Gasteiger partial charge in [0.2, 0.25) is 0 Å². The lowest BCUT2D eigenvalue weighted by atomic mass is 10.0. The van der Waals surface area contributed by atoms with Crippen molar-refractivity contribution in [2.24, 2.45) is 0 Å². The monoisotopic (exact) mass is 342 g/mol. The number of nitrogens with one attached hydrogen (secondary N) is 3. The lowest BCUT2D eigenvalue weighted by molar-refractivity contribution is 0.0890. The fourth-order valence-corrected chi connectivity index (χ4v) is 3.19. The van der Waals surface area contributed by atoms with Gasteiger partial charge in [-0.2, -0.15) is 5.10 Å². The van der Waals surface area contributed by atoms with E-state index in [4.69, 9.17) is 0 Å². The summed E-state index contributed by atoms with van der Waals surface area (Å²) in [7, 11) is 2.18. The SMILES string of the molecule is CN1CCN(CCCNC(=O)Nc2cn[nH]c2)C(c2ccccc2)C1. The summed E-state index contributed by atoms with van der Waals surface area (Å²) in [5, 5.41) is 12.1. The minimum absolute atomic E-state index is 0.195. The Balaban J connectivity index is 1.45. The predicted molar refractivity (Wildman–Crippen MR) is 98.5 cm³/mol. The third-order valence-corrected chi connectivity index (χ3v) is 4.54. The third kappa shape index (κ3) is 5.04. The number of aromatic amines is 1. The lowest BCUT2D eigenvalue weighted by Gasteiger charge is -2.40. The van der Waals surface area contributed by atoms with Crippen LogP contribution in [-0.2, 0) is 0 Å². The van der Waals surface area contributed by atoms with Crippen LogP contribution in [0.3, 0.4) is 0 Å². The van der Waals surface area contributed by atoms with Crippen LogP contribution in [-0.4, -0.2) is 65.8 Å². The molecule has 0 spiro atoms. The zero-order valence-corrected chi connectivity index (χ0v) is 14.6. The fraction of sp³-hybridized carbons (Fsp3) is 0.444. The van der Waals surface area contributed by atoms with Crippen LogP contribution < -0.4 is 10.6 Å². The summed E-state index contributed by atoms with van der Waals surface area (Å²) in [6.07, 6.45) is 4.15. The van der Waals surface area contributed by atoms with Gasteiger partial charge in [0.15, 0.2) is 0 Å². The molecule has 1 saturated heterocycles. The van der Waals surface area contributed by atoms with Crippen molar-refractivity contribution in [1.82, 2.24) is 25.3 Å². The molecule has 1 aromatic heterocycles. The Kier molecular flexibility index (Phi) is 6.03. The van der Waals surface area contributed by atoms with E-state index in [0.29, 0.717) is 18.3 Å². The number of hydrogen-bond donors (Lipinski definition) is 3. The van der Waals surface area contributed by atoms with Crippen molar-refractivity contribution < 1.29 is 4.79 Å². The standard InChI is InChI=1S/C18H26N6O/c1-23-10-11-24(17(14-23)15-6-3-2-4-7-15)9-5-8-19-18(25)22-16-12-20-21-13-16/h2-4,6-7,12-13,17H,5,8-11,14H2,1H3,(H,20,21)(H2,19,22,25). The van der Waals surface area contributed by atoms with Crippen molar-refractivity contribution >= 4 is 11.7 Å². The molecule has 134 valence electrons. The zero-order chi connectivity index (χ0) is 17.5. The minimum atomic E-state index is -0.195. The molecule has 0 radical (unpaired) electrons. The molecule has 7 nitrogen and oxygen atoms in total. The number of anilines is 1. The Morgan fingerprint density at radius 2 is 2.16 bits per heavy atom. The molecule has 1 aliphatic rings. The van der Waals surface area contributed by atoms with Gasteiger partial charge >= 0.3 is 6.03 Å². The number of carbonyl (C=O) groups is 1. The lowest BCUT2D eigenvalue weighted by Crippen LogP contribution is -2.47. The van der Waals surface area contributed by atoms with Crippen LogP contribution in [0, 0.1) is 0 Å². The maximum absolute atomic E-state index is 11.8. The highest BCUT2D eigenvalue weighted by Crippen LogP contribution is 2.24. The number of rotatable bonds is 6. The summed E-state index contributed by atoms with van der Waals surface area (Å²) >= 11 is 0. The number of H-pyrrole nitrogens is 1. The van der Waals surface area contributed by atoms with Gasteiger partial charge in [0.25, 0.3) is 0 Å². The van der Waals surface area contributed by atoms with Gasteiger partial charge in [-0.15, -0.1) is 0 Å². The molecule has 7 heteroatoms. The quantitative estimate of drug-likeness (QED) is 0.701. The van der Waals surface area contributed by atoms with Gasteiger partial charge in [0.1, 0.15) is 0 Å². The highest BCUT2D eigenvalue weighted by Gasteiger charge is 2.25. The van der Waals surface area contributed by atoms with Crippen LogP contribution in [0.2, 0.25) is 0 Å². The smallest absolute Gasteiger partial charge is 0.319 e. The molecule has 1 atom stereocenters. The summed E-state index contributed by atoms with van der Waals surface area (Å²) in [6.45, 7) is 4.80. The van der Waals surface area contributed by atoms with E-state index in [1.807, 2.05) is 0 Å². The molecule has 1 aliphatic heterocycles. The maximum atomic E-state index is 11.8. The normalized spacial score (nSPS) is 18.8. The summed E-state index contributed by atoms with van der Waals surface area (Å²) in [4.78, 5) is 16.7. The average molecular weight is 342 g/mol. The van der Waals surface area contributed by atoms with Crippen LogP contribution in [0.5, 0.6) is 0 Å². The highest BCUT2D eigenvalue weighted by molar-refractivity contribution is 5.88. The second-order valence-electron chi connectivity index (χ2n) is 6.45. The number of aromatic nitrogens is 2. The molecule has 0 saturated carbocycles. The molecule has 2 aromatic rings. The summed E-state index contributed by atoms with van der Waals surface area (Å²) in [5.74, 6) is 0. The van der Waals surface area contributed by atoms with Gasteiger partial charge in [-0.25, -0.2) is 4.79 Å². The van der Waals surface area contributed by atoms with E-state index in [2.05, 4.69) is 68.0 Å². The van der Waals surface area contributed by atoms with Gasteiger partial charge < -0.3 is 15.5 Å². The maximum Gasteiger partial charge on any atom is 0.319 e. The van der Waals surface area contributed by atoms with Crippen molar-refractivity contribution in [3.63, 3.8) is 0 Å². The van der Waals surface area contributed by atoms with Crippen LogP contribution in [0.4, 0.5) is 10.5 Å². The van der Waals surface area contributed by atoms with E-state index >= 15 is 0 Å². The molecule has 1 fully saturated rings. The van der Waals surface area contributed by atoms with E-state index in [1.165, 1.54) is 5.56 Å². The number of nitrogens with zero attached hydrogens (tertiary/aromatic N) is 3. The first-order valence-electron chi connectivity index (χ1n) is 8.73. The van der Waals surface area contributed by atoms with Crippen LogP contribution >= 0.6 is 0 Å². The van der Waals surface area contributed by atoms with E-state index in [9.17, 15) is 4.79 Å². The van der Waals surface area contributed by atoms with Gasteiger partial charge in [0, 0.05) is 45.0 Å². The molecule has 1 unspecified atom stereocenters. The average Bonchev–Trinajstić information content (AvgIpc) is 3.13. The Labute approximate surface area is 148 Å². The first kappa shape index (κ1) is 17.4. The molecule has 2 heterocycles. The van der Waals surface area contributed by atoms with Crippen molar-refractivity contribution in [2.45, 2.75) is 12.5 Å². The Morgan fingerprint density at radius 3 is 2.92 bits per heavy atom. The largest absolute Gasteiger partial charge is 0.338 e. The summed E-state index contributed by atoms with van der Waals surface area (Å²) < 4.78 is 0. The molecular formula is C18H26N6O. The summed E-state index contributed by atoms with van der Waals surface area (Å²) in [6, 6.07) is 10.9. The number of benzene rings is 1. The van der Waals surface area contributed by atoms with Crippen molar-refractivity contribution in [3.8, 4) is 0 Å². The van der Waals surface area contributed by atoms with Crippen LogP contribution in [0.1, 0.15) is 18.0 Å². The highest BCUT2D eigenvalue weighted by atomic mass is 16.2. The number of urea groups is 1. The molecule has 0 bridgehead atoms. The van der Waals surface area contributed by atoms with Crippen molar-refractivity contribution in [1.29, 1.82) is 0 Å². The number of hydrogen-bond acceptors (Lipinski definition) is 4. The van der Waals surface area contributed by atoms with Crippen LogP contribution in [0.15, 0.2) is 42.7 Å². The third-order valence-electron chi connectivity index (χ3n) is 4.54. The molecule has 0 aliphatic carbocycles. The van der Waals surface area contributed by atoms with E-state index in [-0.39, 0.29) is 6.03 Å². The van der Waals surface area contributed by atoms with Gasteiger partial charge in [-0.05, 0) is 19.0 Å². The molecular weight excluding hydrogens is 316 g/mol. The van der Waals surface area contributed by atoms with Gasteiger partial charge in [-0.3, -0.25) is 10.00 Å². The number of likely N-dealkylation sites (N-methyl/N-ethyl adjacent to an activating group) is 1.